The summed E-state index contributed by atoms with van der Waals surface area (Å²) in [5, 5.41) is 6.63. The van der Waals surface area contributed by atoms with E-state index in [1.165, 1.54) is 25.3 Å². The highest BCUT2D eigenvalue weighted by Crippen LogP contribution is 2.30. The first-order valence-corrected chi connectivity index (χ1v) is 11.8. The van der Waals surface area contributed by atoms with E-state index in [4.69, 9.17) is 16.6 Å². The van der Waals surface area contributed by atoms with Crippen molar-refractivity contribution in [3.8, 4) is 0 Å². The molecule has 1 heterocycles. The van der Waals surface area contributed by atoms with Crippen molar-refractivity contribution < 1.29 is 4.39 Å². The average molecular weight is 455 g/mol. The number of rotatable bonds is 10. The fourth-order valence-corrected chi connectivity index (χ4v) is 4.19. The molecule has 1 saturated carbocycles. The van der Waals surface area contributed by atoms with E-state index in [1.54, 1.807) is 18.5 Å². The van der Waals surface area contributed by atoms with Gasteiger partial charge in [-0.25, -0.2) is 14.4 Å². The van der Waals surface area contributed by atoms with Gasteiger partial charge in [-0.3, -0.25) is 0 Å². The Morgan fingerprint density at radius 2 is 2.09 bits per heavy atom. The Balaban J connectivity index is 1.93. The molecule has 3 rings (SSSR count). The molecule has 2 aromatic rings. The smallest absolute Gasteiger partial charge is 0.223 e. The quantitative estimate of drug-likeness (QED) is 0.372. The van der Waals surface area contributed by atoms with Gasteiger partial charge in [0.2, 0.25) is 5.95 Å². The summed E-state index contributed by atoms with van der Waals surface area (Å²) in [6.45, 7) is 5.82. The first-order valence-electron chi connectivity index (χ1n) is 11.4. The maximum atomic E-state index is 14.1. The maximum Gasteiger partial charge on any atom is 0.223 e. The van der Waals surface area contributed by atoms with Crippen LogP contribution in [0.1, 0.15) is 69.0 Å². The highest BCUT2D eigenvalue weighted by atomic mass is 35.5. The Labute approximate surface area is 195 Å². The fraction of sp³-hybridized carbons (Fsp3) is 0.385. The van der Waals surface area contributed by atoms with Gasteiger partial charge >= 0.3 is 0 Å². The molecule has 6 heteroatoms. The van der Waals surface area contributed by atoms with Crippen LogP contribution in [0.15, 0.2) is 61.6 Å². The van der Waals surface area contributed by atoms with Crippen LogP contribution in [0.2, 0.25) is 5.02 Å². The minimum Gasteiger partial charge on any atom is -0.368 e. The third kappa shape index (κ3) is 6.92. The SMILES string of the molecule is C=CN/C=C\C(=C/C(CCC)c1ccc(Cl)c(F)c1)c1ccnc(NC2CCCCC2)n1. The molecule has 0 saturated heterocycles. The second-order valence-corrected chi connectivity index (χ2v) is 8.55. The monoisotopic (exact) mass is 454 g/mol. The number of hydrogen-bond donors (Lipinski definition) is 2. The predicted octanol–water partition coefficient (Wildman–Crippen LogP) is 7.23. The van der Waals surface area contributed by atoms with Crippen LogP contribution in [0.5, 0.6) is 0 Å². The topological polar surface area (TPSA) is 49.8 Å². The lowest BCUT2D eigenvalue weighted by atomic mass is 9.91. The summed E-state index contributed by atoms with van der Waals surface area (Å²) in [4.78, 5) is 9.23. The van der Waals surface area contributed by atoms with Crippen molar-refractivity contribution in [2.45, 2.75) is 63.8 Å². The fourth-order valence-electron chi connectivity index (χ4n) is 4.07. The number of benzene rings is 1. The van der Waals surface area contributed by atoms with Crippen molar-refractivity contribution in [2.75, 3.05) is 5.32 Å². The molecule has 4 nitrogen and oxygen atoms in total. The van der Waals surface area contributed by atoms with E-state index in [2.05, 4.69) is 35.2 Å². The van der Waals surface area contributed by atoms with Crippen molar-refractivity contribution in [3.63, 3.8) is 0 Å². The summed E-state index contributed by atoms with van der Waals surface area (Å²) < 4.78 is 14.1. The second kappa shape index (κ2) is 12.4. The van der Waals surface area contributed by atoms with Gasteiger partial charge in [0.1, 0.15) is 5.82 Å². The zero-order valence-electron chi connectivity index (χ0n) is 18.7. The second-order valence-electron chi connectivity index (χ2n) is 8.14. The van der Waals surface area contributed by atoms with Crippen molar-refractivity contribution in [1.82, 2.24) is 15.3 Å². The molecular formula is C26H32ClFN4. The molecule has 1 aliphatic carbocycles. The van der Waals surface area contributed by atoms with Gasteiger partial charge in [-0.2, -0.15) is 0 Å². The van der Waals surface area contributed by atoms with Gasteiger partial charge in [0.05, 0.1) is 10.7 Å². The Hall–Kier alpha value is -2.66. The Bertz CT molecular complexity index is 951. The molecule has 2 N–H and O–H groups in total. The summed E-state index contributed by atoms with van der Waals surface area (Å²) in [6, 6.07) is 7.37. The van der Waals surface area contributed by atoms with Crippen LogP contribution in [-0.2, 0) is 0 Å². The van der Waals surface area contributed by atoms with Gasteiger partial charge in [-0.05, 0) is 60.9 Å². The van der Waals surface area contributed by atoms with Crippen LogP contribution in [-0.4, -0.2) is 16.0 Å². The van der Waals surface area contributed by atoms with E-state index in [0.717, 1.165) is 42.5 Å². The van der Waals surface area contributed by atoms with Crippen LogP contribution < -0.4 is 10.6 Å². The lowest BCUT2D eigenvalue weighted by molar-refractivity contribution is 0.461. The van der Waals surface area contributed by atoms with Crippen molar-refractivity contribution >= 4 is 23.1 Å². The van der Waals surface area contributed by atoms with E-state index in [9.17, 15) is 4.39 Å². The number of allylic oxidation sites excluding steroid dienone is 3. The van der Waals surface area contributed by atoms with Crippen LogP contribution in [0.3, 0.4) is 0 Å². The van der Waals surface area contributed by atoms with Crippen LogP contribution in [0, 0.1) is 5.82 Å². The third-order valence-electron chi connectivity index (χ3n) is 5.72. The van der Waals surface area contributed by atoms with Gasteiger partial charge in [0.15, 0.2) is 0 Å². The van der Waals surface area contributed by atoms with Crippen molar-refractivity contribution in [1.29, 1.82) is 0 Å². The van der Waals surface area contributed by atoms with Gasteiger partial charge < -0.3 is 10.6 Å². The lowest BCUT2D eigenvalue weighted by Crippen LogP contribution is -2.23. The molecule has 1 unspecified atom stereocenters. The summed E-state index contributed by atoms with van der Waals surface area (Å²) in [5.41, 5.74) is 2.64. The van der Waals surface area contributed by atoms with Crippen LogP contribution in [0.25, 0.3) is 5.57 Å². The Morgan fingerprint density at radius 1 is 1.28 bits per heavy atom. The number of aromatic nitrogens is 2. The molecule has 0 spiro atoms. The van der Waals surface area contributed by atoms with E-state index in [-0.39, 0.29) is 10.9 Å². The number of anilines is 1. The summed E-state index contributed by atoms with van der Waals surface area (Å²) in [7, 11) is 0. The standard InChI is InChI=1S/C26H32ClFN4/c1-3-8-19(20-11-12-23(27)24(28)18-20)17-21(13-15-29-4-2)25-14-16-30-26(32-25)31-22-9-6-5-7-10-22/h4,11-19,22,29H,2-3,5-10H2,1H3,(H,30,31,32)/b15-13-,21-17+. The predicted molar refractivity (Wildman–Crippen MR) is 132 cm³/mol. The largest absolute Gasteiger partial charge is 0.368 e. The number of hydrogen-bond acceptors (Lipinski definition) is 4. The van der Waals surface area contributed by atoms with Crippen LogP contribution in [0.4, 0.5) is 10.3 Å². The molecule has 1 atom stereocenters. The number of nitrogens with zero attached hydrogens (tertiary/aromatic N) is 2. The van der Waals surface area contributed by atoms with E-state index >= 15 is 0 Å². The summed E-state index contributed by atoms with van der Waals surface area (Å²) in [6.07, 6.45) is 17.3. The molecule has 1 aromatic heterocycles. The van der Waals surface area contributed by atoms with E-state index in [1.807, 2.05) is 24.4 Å². The molecule has 0 aliphatic heterocycles. The van der Waals surface area contributed by atoms with Gasteiger partial charge in [-0.1, -0.05) is 62.9 Å². The molecular weight excluding hydrogens is 423 g/mol. The van der Waals surface area contributed by atoms with Crippen molar-refractivity contribution in [2.24, 2.45) is 0 Å². The van der Waals surface area contributed by atoms with E-state index < -0.39 is 5.82 Å². The first-order chi connectivity index (χ1) is 15.6. The third-order valence-corrected chi connectivity index (χ3v) is 6.03. The minimum absolute atomic E-state index is 0.0277. The summed E-state index contributed by atoms with van der Waals surface area (Å²) >= 11 is 5.90. The van der Waals surface area contributed by atoms with Gasteiger partial charge in [-0.15, -0.1) is 0 Å². The zero-order valence-corrected chi connectivity index (χ0v) is 19.4. The van der Waals surface area contributed by atoms with Crippen molar-refractivity contribution in [3.05, 3.63) is 83.7 Å². The highest BCUT2D eigenvalue weighted by molar-refractivity contribution is 6.30. The number of halogens is 2. The first kappa shape index (κ1) is 24.0. The maximum absolute atomic E-state index is 14.1. The number of nitrogens with one attached hydrogen (secondary N) is 2. The van der Waals surface area contributed by atoms with E-state index in [0.29, 0.717) is 12.0 Å². The molecule has 1 aromatic carbocycles. The molecule has 1 fully saturated rings. The normalized spacial score (nSPS) is 16.2. The highest BCUT2D eigenvalue weighted by Gasteiger charge is 2.16. The minimum atomic E-state index is -0.398. The van der Waals surface area contributed by atoms with Crippen LogP contribution >= 0.6 is 11.6 Å². The summed E-state index contributed by atoms with van der Waals surface area (Å²) in [5.74, 6) is 0.278. The molecule has 0 bridgehead atoms. The lowest BCUT2D eigenvalue weighted by Gasteiger charge is -2.22. The molecule has 0 amide bonds. The molecule has 32 heavy (non-hydrogen) atoms. The molecule has 0 radical (unpaired) electrons. The molecule has 170 valence electrons. The Morgan fingerprint density at radius 3 is 2.81 bits per heavy atom. The zero-order chi connectivity index (χ0) is 22.8. The molecule has 1 aliphatic rings. The van der Waals surface area contributed by atoms with Gasteiger partial charge in [0, 0.05) is 24.4 Å². The van der Waals surface area contributed by atoms with Gasteiger partial charge in [0.25, 0.3) is 0 Å². The average Bonchev–Trinajstić information content (AvgIpc) is 2.81. The Kier molecular flexibility index (Phi) is 9.29.